The van der Waals surface area contributed by atoms with Gasteiger partial charge in [-0.15, -0.1) is 0 Å². The summed E-state index contributed by atoms with van der Waals surface area (Å²) in [4.78, 5) is 28.7. The Kier molecular flexibility index (Phi) is 3.29. The maximum absolute atomic E-state index is 11.8. The Morgan fingerprint density at radius 1 is 1.39 bits per heavy atom. The topological polar surface area (TPSA) is 88.9 Å². The third kappa shape index (κ3) is 2.49. The molecule has 1 heterocycles. The smallest absolute Gasteiger partial charge is 0.280 e. The van der Waals surface area contributed by atoms with Gasteiger partial charge in [-0.3, -0.25) is 14.9 Å². The predicted molar refractivity (Wildman–Crippen MR) is 65.0 cm³/mol. The largest absolute Gasteiger partial charge is 0.345 e. The lowest BCUT2D eigenvalue weighted by Gasteiger charge is -1.97. The minimum Gasteiger partial charge on any atom is -0.345 e. The van der Waals surface area contributed by atoms with Gasteiger partial charge in [0, 0.05) is 18.5 Å². The highest BCUT2D eigenvalue weighted by Crippen LogP contribution is 2.18. The van der Waals surface area contributed by atoms with E-state index in [0.717, 1.165) is 0 Å². The number of aromatic nitrogens is 2. The van der Waals surface area contributed by atoms with E-state index in [4.69, 9.17) is 0 Å². The van der Waals surface area contributed by atoms with Gasteiger partial charge >= 0.3 is 0 Å². The second kappa shape index (κ2) is 5.05. The Bertz CT molecular complexity index is 603. The lowest BCUT2D eigenvalue weighted by Crippen LogP contribution is -2.00. The summed E-state index contributed by atoms with van der Waals surface area (Å²) in [5.41, 5.74) is -0.142. The van der Waals surface area contributed by atoms with Gasteiger partial charge in [0.1, 0.15) is 5.82 Å². The molecule has 0 saturated heterocycles. The van der Waals surface area contributed by atoms with Crippen LogP contribution in [0.15, 0.2) is 42.7 Å². The SMILES string of the molecule is O=C(/C=C/c1ncc[nH]1)c1ccccc1[N+](=O)[O-]. The van der Waals surface area contributed by atoms with Crippen molar-refractivity contribution in [1.29, 1.82) is 0 Å². The van der Waals surface area contributed by atoms with Crippen LogP contribution in [0.5, 0.6) is 0 Å². The first kappa shape index (κ1) is 11.7. The standard InChI is InChI=1S/C12H9N3O3/c16-11(5-6-12-13-7-8-14-12)9-3-1-2-4-10(9)15(17)18/h1-8H,(H,13,14)/b6-5+. The first-order chi connectivity index (χ1) is 8.68. The number of hydrogen-bond donors (Lipinski definition) is 1. The molecule has 0 spiro atoms. The van der Waals surface area contributed by atoms with Crippen LogP contribution in [0.4, 0.5) is 5.69 Å². The van der Waals surface area contributed by atoms with Crippen LogP contribution < -0.4 is 0 Å². The first-order valence-electron chi connectivity index (χ1n) is 5.13. The van der Waals surface area contributed by atoms with E-state index in [1.165, 1.54) is 30.4 Å². The van der Waals surface area contributed by atoms with Crippen molar-refractivity contribution in [3.63, 3.8) is 0 Å². The van der Waals surface area contributed by atoms with Gasteiger partial charge in [-0.1, -0.05) is 12.1 Å². The minimum absolute atomic E-state index is 0.0605. The number of carbonyl (C=O) groups excluding carboxylic acids is 1. The number of nitro benzene ring substituents is 1. The zero-order valence-corrected chi connectivity index (χ0v) is 9.24. The molecule has 0 aliphatic heterocycles. The number of benzene rings is 1. The number of para-hydroxylation sites is 1. The van der Waals surface area contributed by atoms with Crippen LogP contribution >= 0.6 is 0 Å². The second-order valence-electron chi connectivity index (χ2n) is 3.45. The number of aromatic amines is 1. The van der Waals surface area contributed by atoms with E-state index in [9.17, 15) is 14.9 Å². The summed E-state index contributed by atoms with van der Waals surface area (Å²) in [6.07, 6.45) is 5.89. The number of nitrogens with one attached hydrogen (secondary N) is 1. The van der Waals surface area contributed by atoms with E-state index in [2.05, 4.69) is 9.97 Å². The molecule has 18 heavy (non-hydrogen) atoms. The lowest BCUT2D eigenvalue weighted by molar-refractivity contribution is -0.385. The van der Waals surface area contributed by atoms with E-state index >= 15 is 0 Å². The Balaban J connectivity index is 2.27. The molecule has 1 aromatic heterocycles. The predicted octanol–water partition coefficient (Wildman–Crippen LogP) is 2.21. The summed E-state index contributed by atoms with van der Waals surface area (Å²) < 4.78 is 0. The van der Waals surface area contributed by atoms with Crippen LogP contribution in [-0.4, -0.2) is 20.7 Å². The molecule has 0 aliphatic rings. The van der Waals surface area contributed by atoms with Crippen LogP contribution in [0.3, 0.4) is 0 Å². The highest BCUT2D eigenvalue weighted by atomic mass is 16.6. The summed E-state index contributed by atoms with van der Waals surface area (Å²) in [6, 6.07) is 5.83. The summed E-state index contributed by atoms with van der Waals surface area (Å²) in [5, 5.41) is 10.8. The van der Waals surface area contributed by atoms with Gasteiger partial charge in [-0.05, 0) is 18.2 Å². The Labute approximate surface area is 102 Å². The number of carbonyl (C=O) groups is 1. The minimum atomic E-state index is -0.575. The molecule has 1 aromatic carbocycles. The zero-order chi connectivity index (χ0) is 13.0. The molecule has 90 valence electrons. The zero-order valence-electron chi connectivity index (χ0n) is 9.24. The molecule has 6 nitrogen and oxygen atoms in total. The van der Waals surface area contributed by atoms with E-state index in [0.29, 0.717) is 5.82 Å². The fourth-order valence-corrected chi connectivity index (χ4v) is 1.45. The van der Waals surface area contributed by atoms with Gasteiger partial charge in [0.15, 0.2) is 5.78 Å². The van der Waals surface area contributed by atoms with E-state index < -0.39 is 10.7 Å². The summed E-state index contributed by atoms with van der Waals surface area (Å²) >= 11 is 0. The third-order valence-corrected chi connectivity index (χ3v) is 2.28. The van der Waals surface area contributed by atoms with Crippen LogP contribution in [0, 0.1) is 10.1 Å². The molecule has 0 bridgehead atoms. The molecule has 6 heteroatoms. The molecule has 2 rings (SSSR count). The molecule has 2 aromatic rings. The molecule has 1 N–H and O–H groups in total. The molecule has 0 unspecified atom stereocenters. The molecule has 0 saturated carbocycles. The van der Waals surface area contributed by atoms with Crippen molar-refractivity contribution in [2.75, 3.05) is 0 Å². The van der Waals surface area contributed by atoms with Crippen LogP contribution in [0.1, 0.15) is 16.2 Å². The average Bonchev–Trinajstić information content (AvgIpc) is 2.89. The second-order valence-corrected chi connectivity index (χ2v) is 3.45. The maximum atomic E-state index is 11.8. The fourth-order valence-electron chi connectivity index (χ4n) is 1.45. The van der Waals surface area contributed by atoms with Crippen molar-refractivity contribution in [3.8, 4) is 0 Å². The van der Waals surface area contributed by atoms with Gasteiger partial charge < -0.3 is 4.98 Å². The summed E-state index contributed by atoms with van der Waals surface area (Å²) in [6.45, 7) is 0. The third-order valence-electron chi connectivity index (χ3n) is 2.28. The average molecular weight is 243 g/mol. The Hall–Kier alpha value is -2.76. The molecule has 0 atom stereocenters. The maximum Gasteiger partial charge on any atom is 0.280 e. The van der Waals surface area contributed by atoms with Gasteiger partial charge in [0.05, 0.1) is 10.5 Å². The number of hydrogen-bond acceptors (Lipinski definition) is 4. The molecule has 0 amide bonds. The highest BCUT2D eigenvalue weighted by Gasteiger charge is 2.16. The summed E-state index contributed by atoms with van der Waals surface area (Å²) in [7, 11) is 0. The molecular weight excluding hydrogens is 234 g/mol. The van der Waals surface area contributed by atoms with Crippen molar-refractivity contribution in [3.05, 3.63) is 64.2 Å². The van der Waals surface area contributed by atoms with Crippen LogP contribution in [-0.2, 0) is 0 Å². The van der Waals surface area contributed by atoms with Crippen molar-refractivity contribution < 1.29 is 9.72 Å². The number of ketones is 1. The number of nitro groups is 1. The van der Waals surface area contributed by atoms with Gasteiger partial charge in [-0.25, -0.2) is 4.98 Å². The van der Waals surface area contributed by atoms with Gasteiger partial charge in [-0.2, -0.15) is 0 Å². The Morgan fingerprint density at radius 3 is 2.83 bits per heavy atom. The first-order valence-corrected chi connectivity index (χ1v) is 5.13. The fraction of sp³-hybridized carbons (Fsp3) is 0. The van der Waals surface area contributed by atoms with E-state index in [-0.39, 0.29) is 11.3 Å². The quantitative estimate of drug-likeness (QED) is 0.386. The highest BCUT2D eigenvalue weighted by molar-refractivity contribution is 6.09. The van der Waals surface area contributed by atoms with Crippen LogP contribution in [0.2, 0.25) is 0 Å². The number of nitrogens with zero attached hydrogens (tertiary/aromatic N) is 2. The number of allylic oxidation sites excluding steroid dienone is 1. The monoisotopic (exact) mass is 243 g/mol. The van der Waals surface area contributed by atoms with Crippen molar-refractivity contribution in [2.45, 2.75) is 0 Å². The van der Waals surface area contributed by atoms with E-state index in [1.807, 2.05) is 0 Å². The lowest BCUT2D eigenvalue weighted by atomic mass is 10.1. The number of H-pyrrole nitrogens is 1. The van der Waals surface area contributed by atoms with Gasteiger partial charge in [0.25, 0.3) is 5.69 Å². The Morgan fingerprint density at radius 2 is 2.17 bits per heavy atom. The molecule has 0 aliphatic carbocycles. The van der Waals surface area contributed by atoms with Crippen LogP contribution in [0.25, 0.3) is 6.08 Å². The van der Waals surface area contributed by atoms with Crippen molar-refractivity contribution in [2.24, 2.45) is 0 Å². The molecular formula is C12H9N3O3. The van der Waals surface area contributed by atoms with Gasteiger partial charge in [0.2, 0.25) is 0 Å². The molecule has 0 radical (unpaired) electrons. The number of rotatable bonds is 4. The van der Waals surface area contributed by atoms with Crippen molar-refractivity contribution in [1.82, 2.24) is 9.97 Å². The van der Waals surface area contributed by atoms with Crippen molar-refractivity contribution >= 4 is 17.5 Å². The normalized spacial score (nSPS) is 10.7. The summed E-state index contributed by atoms with van der Waals surface area (Å²) in [5.74, 6) is 0.0839. The van der Waals surface area contributed by atoms with E-state index in [1.54, 1.807) is 18.5 Å². The molecule has 0 fully saturated rings. The number of imidazole rings is 1.